The zero-order valence-electron chi connectivity index (χ0n) is 6.94. The first-order chi connectivity index (χ1) is 5.07. The van der Waals surface area contributed by atoms with Gasteiger partial charge in [0, 0.05) is 0 Å². The largest absolute Gasteiger partial charge is 0.387 e. The van der Waals surface area contributed by atoms with Crippen molar-refractivity contribution in [3.8, 4) is 0 Å². The van der Waals surface area contributed by atoms with Crippen LogP contribution in [0.15, 0.2) is 0 Å². The lowest BCUT2D eigenvalue weighted by atomic mass is 10.3. The fourth-order valence-corrected chi connectivity index (χ4v) is 3.45. The van der Waals surface area contributed by atoms with Crippen molar-refractivity contribution in [3.05, 3.63) is 0 Å². The molecule has 0 amide bonds. The third kappa shape index (κ3) is 1.99. The molecule has 1 rings (SSSR count). The second-order valence-corrected chi connectivity index (χ2v) is 7.67. The van der Waals surface area contributed by atoms with Crippen molar-refractivity contribution < 1.29 is 13.2 Å². The predicted molar refractivity (Wildman–Crippen MR) is 42.4 cm³/mol. The fourth-order valence-electron chi connectivity index (χ4n) is 1.24. The molecule has 1 aliphatic rings. The lowest BCUT2D eigenvalue weighted by Gasteiger charge is -2.34. The molecule has 1 fully saturated rings. The van der Waals surface area contributed by atoms with E-state index in [-0.39, 0.29) is 0 Å². The van der Waals surface area contributed by atoms with E-state index in [1.807, 2.05) is 13.5 Å². The van der Waals surface area contributed by atoms with Gasteiger partial charge < -0.3 is 4.43 Å². The van der Waals surface area contributed by atoms with E-state index < -0.39 is 20.8 Å². The van der Waals surface area contributed by atoms with Gasteiger partial charge in [0.2, 0.25) is 6.36 Å². The Morgan fingerprint density at radius 2 is 2.18 bits per heavy atom. The minimum atomic E-state index is -1.83. The molecule has 1 aliphatic heterocycles. The molecule has 3 unspecified atom stereocenters. The van der Waals surface area contributed by atoms with Crippen LogP contribution in [0.25, 0.3) is 0 Å². The first-order valence-electron chi connectivity index (χ1n) is 4.03. The Bertz CT molecular complexity index is 144. The van der Waals surface area contributed by atoms with Crippen LogP contribution in [0.3, 0.4) is 0 Å². The minimum absolute atomic E-state index is 0.345. The molecular weight excluding hydrogens is 166 g/mol. The molecule has 0 bridgehead atoms. The zero-order chi connectivity index (χ0) is 8.48. The highest BCUT2D eigenvalue weighted by molar-refractivity contribution is 6.72. The van der Waals surface area contributed by atoms with Crippen LogP contribution in [-0.4, -0.2) is 20.8 Å². The summed E-state index contributed by atoms with van der Waals surface area (Å²) in [6.45, 7) is 3.95. The molecule has 0 aromatic heterocycles. The van der Waals surface area contributed by atoms with Crippen LogP contribution in [0.5, 0.6) is 0 Å². The molecule has 0 radical (unpaired) electrons. The smallest absolute Gasteiger partial charge is 0.221 e. The summed E-state index contributed by atoms with van der Waals surface area (Å²) in [6.07, 6.45) is -2.69. The minimum Gasteiger partial charge on any atom is -0.387 e. The molecule has 66 valence electrons. The van der Waals surface area contributed by atoms with Crippen LogP contribution in [0, 0.1) is 0 Å². The Morgan fingerprint density at radius 1 is 1.55 bits per heavy atom. The Labute approximate surface area is 66.9 Å². The van der Waals surface area contributed by atoms with Crippen LogP contribution in [-0.2, 0) is 4.43 Å². The SMILES string of the molecule is CC[Si]1(C)CCC(F)C(F)O1. The topological polar surface area (TPSA) is 9.23 Å². The van der Waals surface area contributed by atoms with Gasteiger partial charge in [-0.2, -0.15) is 0 Å². The molecule has 1 nitrogen and oxygen atoms in total. The van der Waals surface area contributed by atoms with E-state index in [0.717, 1.165) is 12.1 Å². The number of hydrogen-bond acceptors (Lipinski definition) is 1. The molecule has 4 heteroatoms. The van der Waals surface area contributed by atoms with Crippen molar-refractivity contribution in [2.45, 2.75) is 44.5 Å². The summed E-state index contributed by atoms with van der Waals surface area (Å²) in [6, 6.07) is 1.63. The summed E-state index contributed by atoms with van der Waals surface area (Å²) in [5.41, 5.74) is 0. The van der Waals surface area contributed by atoms with Gasteiger partial charge in [0.25, 0.3) is 0 Å². The van der Waals surface area contributed by atoms with Crippen LogP contribution in [0.4, 0.5) is 8.78 Å². The molecule has 0 aromatic carbocycles. The van der Waals surface area contributed by atoms with Crippen molar-refractivity contribution in [2.24, 2.45) is 0 Å². The lowest BCUT2D eigenvalue weighted by Crippen LogP contribution is -2.45. The Kier molecular flexibility index (Phi) is 2.64. The Hall–Kier alpha value is 0.0369. The Balaban J connectivity index is 2.51. The zero-order valence-corrected chi connectivity index (χ0v) is 7.94. The van der Waals surface area contributed by atoms with Gasteiger partial charge in [-0.25, -0.2) is 8.78 Å². The molecule has 11 heavy (non-hydrogen) atoms. The van der Waals surface area contributed by atoms with E-state index in [1.54, 1.807) is 0 Å². The van der Waals surface area contributed by atoms with E-state index in [4.69, 9.17) is 4.43 Å². The highest BCUT2D eigenvalue weighted by atomic mass is 28.4. The maximum Gasteiger partial charge on any atom is 0.221 e. The average molecular weight is 180 g/mol. The van der Waals surface area contributed by atoms with Gasteiger partial charge in [0.15, 0.2) is 14.5 Å². The fraction of sp³-hybridized carbons (Fsp3) is 1.00. The van der Waals surface area contributed by atoms with E-state index in [9.17, 15) is 8.78 Å². The van der Waals surface area contributed by atoms with E-state index >= 15 is 0 Å². The number of alkyl halides is 2. The molecule has 0 spiro atoms. The van der Waals surface area contributed by atoms with E-state index in [2.05, 4.69) is 0 Å². The van der Waals surface area contributed by atoms with Gasteiger partial charge in [-0.1, -0.05) is 6.92 Å². The van der Waals surface area contributed by atoms with Gasteiger partial charge in [0.1, 0.15) is 0 Å². The second kappa shape index (κ2) is 3.19. The van der Waals surface area contributed by atoms with Crippen molar-refractivity contribution in [2.75, 3.05) is 0 Å². The van der Waals surface area contributed by atoms with Crippen molar-refractivity contribution in [3.63, 3.8) is 0 Å². The molecule has 3 atom stereocenters. The first kappa shape index (κ1) is 9.13. The van der Waals surface area contributed by atoms with Gasteiger partial charge in [0.05, 0.1) is 0 Å². The molecular formula is C7H14F2OSi. The predicted octanol–water partition coefficient (Wildman–Crippen LogP) is 2.64. The van der Waals surface area contributed by atoms with Crippen LogP contribution in [0.1, 0.15) is 13.3 Å². The molecule has 1 saturated heterocycles. The number of hydrogen-bond donors (Lipinski definition) is 0. The van der Waals surface area contributed by atoms with Gasteiger partial charge in [-0.3, -0.25) is 0 Å². The average Bonchev–Trinajstić information content (AvgIpc) is 1.98. The lowest BCUT2D eigenvalue weighted by molar-refractivity contribution is -0.0295. The summed E-state index contributed by atoms with van der Waals surface area (Å²) in [7, 11) is -1.83. The van der Waals surface area contributed by atoms with Gasteiger partial charge in [-0.05, 0) is 25.1 Å². The molecule has 1 heterocycles. The highest BCUT2D eigenvalue weighted by Gasteiger charge is 2.39. The van der Waals surface area contributed by atoms with Crippen molar-refractivity contribution >= 4 is 8.32 Å². The summed E-state index contributed by atoms with van der Waals surface area (Å²) in [5.74, 6) is 0. The molecule has 0 saturated carbocycles. The standard InChI is InChI=1S/C7H14F2OSi/c1-3-11(2)5-4-6(8)7(9)10-11/h6-7H,3-5H2,1-2H3. The normalized spacial score (nSPS) is 45.8. The number of halogens is 2. The summed E-state index contributed by atoms with van der Waals surface area (Å²) >= 11 is 0. The molecule has 0 N–H and O–H groups in total. The maximum atomic E-state index is 12.7. The summed E-state index contributed by atoms with van der Waals surface area (Å²) in [4.78, 5) is 0. The maximum absolute atomic E-state index is 12.7. The van der Waals surface area contributed by atoms with Crippen molar-refractivity contribution in [1.29, 1.82) is 0 Å². The third-order valence-corrected chi connectivity index (χ3v) is 6.01. The van der Waals surface area contributed by atoms with Crippen LogP contribution >= 0.6 is 0 Å². The van der Waals surface area contributed by atoms with Crippen molar-refractivity contribution in [1.82, 2.24) is 0 Å². The summed E-state index contributed by atoms with van der Waals surface area (Å²) in [5, 5.41) is 0. The summed E-state index contributed by atoms with van der Waals surface area (Å²) < 4.78 is 30.3. The number of rotatable bonds is 1. The van der Waals surface area contributed by atoms with Gasteiger partial charge in [-0.15, -0.1) is 0 Å². The third-order valence-electron chi connectivity index (χ3n) is 2.38. The van der Waals surface area contributed by atoms with E-state index in [0.29, 0.717) is 6.42 Å². The highest BCUT2D eigenvalue weighted by Crippen LogP contribution is 2.31. The second-order valence-electron chi connectivity index (χ2n) is 3.33. The quantitative estimate of drug-likeness (QED) is 0.564. The Morgan fingerprint density at radius 3 is 2.64 bits per heavy atom. The monoisotopic (exact) mass is 180 g/mol. The first-order valence-corrected chi connectivity index (χ1v) is 6.85. The van der Waals surface area contributed by atoms with Gasteiger partial charge >= 0.3 is 0 Å². The molecule has 0 aliphatic carbocycles. The van der Waals surface area contributed by atoms with Crippen LogP contribution in [0.2, 0.25) is 18.6 Å². The molecule has 0 aromatic rings. The van der Waals surface area contributed by atoms with Crippen LogP contribution < -0.4 is 0 Å². The van der Waals surface area contributed by atoms with E-state index in [1.165, 1.54) is 0 Å².